The van der Waals surface area contributed by atoms with E-state index in [4.69, 9.17) is 5.73 Å². The van der Waals surface area contributed by atoms with Crippen molar-refractivity contribution >= 4 is 22.8 Å². The first-order valence-corrected chi connectivity index (χ1v) is 8.68. The summed E-state index contributed by atoms with van der Waals surface area (Å²) in [5, 5.41) is 32.1. The Hall–Kier alpha value is -4.56. The molecule has 29 heavy (non-hydrogen) atoms. The molecule has 0 aliphatic carbocycles. The number of benzene rings is 2. The van der Waals surface area contributed by atoms with Gasteiger partial charge in [-0.3, -0.25) is 0 Å². The summed E-state index contributed by atoms with van der Waals surface area (Å²) in [6, 6.07) is 20.8. The molecule has 0 saturated heterocycles. The minimum Gasteiger partial charge on any atom is -0.382 e. The fourth-order valence-electron chi connectivity index (χ4n) is 2.87. The number of nitrogens with zero attached hydrogens (tertiary/aromatic N) is 7. The van der Waals surface area contributed by atoms with Crippen LogP contribution >= 0.6 is 0 Å². The monoisotopic (exact) mass is 378 g/mol. The number of anilines is 1. The molecular formula is C21H14N8. The topological polar surface area (TPSA) is 129 Å². The number of nitriles is 2. The molecule has 0 amide bonds. The zero-order chi connectivity index (χ0) is 20.4. The molecule has 0 radical (unpaired) electrons. The molecule has 0 atom stereocenters. The van der Waals surface area contributed by atoms with Gasteiger partial charge in [-0.25, -0.2) is 9.50 Å². The summed E-state index contributed by atoms with van der Waals surface area (Å²) in [5.41, 5.74) is 9.56. The second-order valence-corrected chi connectivity index (χ2v) is 6.28. The van der Waals surface area contributed by atoms with E-state index >= 15 is 0 Å². The number of hydrogen-bond donors (Lipinski definition) is 1. The molecule has 138 valence electrons. The summed E-state index contributed by atoms with van der Waals surface area (Å²) < 4.78 is 1.29. The van der Waals surface area contributed by atoms with Crippen molar-refractivity contribution in [2.75, 3.05) is 5.73 Å². The molecule has 0 fully saturated rings. The van der Waals surface area contributed by atoms with Gasteiger partial charge in [-0.2, -0.15) is 20.7 Å². The van der Waals surface area contributed by atoms with E-state index in [0.717, 1.165) is 11.1 Å². The second kappa shape index (κ2) is 7.22. The Morgan fingerprint density at radius 3 is 2.34 bits per heavy atom. The van der Waals surface area contributed by atoms with Gasteiger partial charge >= 0.3 is 0 Å². The van der Waals surface area contributed by atoms with Crippen molar-refractivity contribution < 1.29 is 0 Å². The predicted octanol–water partition coefficient (Wildman–Crippen LogP) is 4.45. The highest BCUT2D eigenvalue weighted by Gasteiger charge is 2.22. The van der Waals surface area contributed by atoms with Crippen LogP contribution in [0.15, 0.2) is 64.8 Å². The van der Waals surface area contributed by atoms with Crippen LogP contribution in [0.1, 0.15) is 16.8 Å². The van der Waals surface area contributed by atoms with Crippen molar-refractivity contribution in [3.05, 3.63) is 71.4 Å². The average molecular weight is 378 g/mol. The quantitative estimate of drug-likeness (QED) is 0.527. The number of nitrogens with two attached hydrogens (primary N) is 1. The smallest absolute Gasteiger partial charge is 0.187 e. The third-order valence-corrected chi connectivity index (χ3v) is 4.33. The van der Waals surface area contributed by atoms with Gasteiger partial charge in [0.2, 0.25) is 0 Å². The van der Waals surface area contributed by atoms with E-state index in [2.05, 4.69) is 20.3 Å². The zero-order valence-corrected chi connectivity index (χ0v) is 15.4. The van der Waals surface area contributed by atoms with Gasteiger partial charge in [0.15, 0.2) is 17.0 Å². The van der Waals surface area contributed by atoms with Gasteiger partial charge in [0, 0.05) is 5.56 Å². The fraction of sp³-hybridized carbons (Fsp3) is 0.0476. The van der Waals surface area contributed by atoms with Gasteiger partial charge in [0.25, 0.3) is 0 Å². The van der Waals surface area contributed by atoms with E-state index in [9.17, 15) is 10.5 Å². The molecule has 0 saturated carbocycles. The van der Waals surface area contributed by atoms with Crippen molar-refractivity contribution in [2.24, 2.45) is 10.2 Å². The zero-order valence-electron chi connectivity index (χ0n) is 15.4. The van der Waals surface area contributed by atoms with Gasteiger partial charge in [0.1, 0.15) is 29.2 Å². The fourth-order valence-corrected chi connectivity index (χ4v) is 2.87. The number of azo groups is 1. The van der Waals surface area contributed by atoms with Crippen molar-refractivity contribution in [1.29, 1.82) is 10.5 Å². The summed E-state index contributed by atoms with van der Waals surface area (Å²) in [5.74, 6) is -0.0529. The lowest BCUT2D eigenvalue weighted by Crippen LogP contribution is -2.05. The van der Waals surface area contributed by atoms with E-state index in [-0.39, 0.29) is 22.7 Å². The van der Waals surface area contributed by atoms with Crippen LogP contribution in [0.5, 0.6) is 0 Å². The van der Waals surface area contributed by atoms with E-state index in [0.29, 0.717) is 17.1 Å². The minimum atomic E-state index is -0.0529. The number of nitrogen functional groups attached to an aromatic ring is 1. The van der Waals surface area contributed by atoms with Gasteiger partial charge < -0.3 is 5.73 Å². The van der Waals surface area contributed by atoms with Crippen LogP contribution in [0.25, 0.3) is 16.9 Å². The van der Waals surface area contributed by atoms with Crippen LogP contribution in [-0.2, 0) is 0 Å². The van der Waals surface area contributed by atoms with Crippen molar-refractivity contribution in [2.45, 2.75) is 6.92 Å². The second-order valence-electron chi connectivity index (χ2n) is 6.28. The maximum Gasteiger partial charge on any atom is 0.187 e. The van der Waals surface area contributed by atoms with Gasteiger partial charge in [-0.05, 0) is 19.1 Å². The molecule has 2 aromatic carbocycles. The Labute approximate surface area is 166 Å². The Kier molecular flexibility index (Phi) is 4.44. The lowest BCUT2D eigenvalue weighted by Gasteiger charge is -2.01. The third kappa shape index (κ3) is 3.15. The predicted molar refractivity (Wildman–Crippen MR) is 108 cm³/mol. The molecule has 8 heteroatoms. The maximum atomic E-state index is 9.58. The van der Waals surface area contributed by atoms with Gasteiger partial charge in [-0.15, -0.1) is 5.11 Å². The Morgan fingerprint density at radius 2 is 1.69 bits per heavy atom. The molecule has 0 aliphatic heterocycles. The highest BCUT2D eigenvalue weighted by Crippen LogP contribution is 2.35. The summed E-state index contributed by atoms with van der Waals surface area (Å²) >= 11 is 0. The standard InChI is InChI=1S/C21H14N8/c1-13-7-9-15(10-8-13)26-27-19-18(14-5-3-2-4-6-14)28-29-17(12-23)16(11-22)20(24)25-21(19)29/h2-10H,1H3,(H2,24,25). The van der Waals surface area contributed by atoms with Crippen LogP contribution in [0.3, 0.4) is 0 Å². The molecule has 2 heterocycles. The molecule has 4 rings (SSSR count). The molecule has 8 nitrogen and oxygen atoms in total. The number of rotatable bonds is 3. The summed E-state index contributed by atoms with van der Waals surface area (Å²) in [7, 11) is 0. The first kappa shape index (κ1) is 17.8. The van der Waals surface area contributed by atoms with Crippen LogP contribution < -0.4 is 5.73 Å². The van der Waals surface area contributed by atoms with Gasteiger partial charge in [-0.1, -0.05) is 48.0 Å². The lowest BCUT2D eigenvalue weighted by molar-refractivity contribution is 0.921. The largest absolute Gasteiger partial charge is 0.382 e. The number of aryl methyl sites for hydroxylation is 1. The SMILES string of the molecule is Cc1ccc(N=Nc2c(-c3ccccc3)nn3c(C#N)c(C#N)c(N)nc23)cc1. The Bertz CT molecular complexity index is 1320. The van der Waals surface area contributed by atoms with E-state index in [1.54, 1.807) is 0 Å². The van der Waals surface area contributed by atoms with Gasteiger partial charge in [0.05, 0.1) is 5.69 Å². The summed E-state index contributed by atoms with van der Waals surface area (Å²) in [6.45, 7) is 1.99. The maximum absolute atomic E-state index is 9.58. The lowest BCUT2D eigenvalue weighted by atomic mass is 10.1. The highest BCUT2D eigenvalue weighted by atomic mass is 15.3. The molecule has 0 unspecified atom stereocenters. The molecule has 0 aliphatic rings. The van der Waals surface area contributed by atoms with Crippen molar-refractivity contribution in [1.82, 2.24) is 14.6 Å². The molecule has 2 N–H and O–H groups in total. The minimum absolute atomic E-state index is 0.00367. The highest BCUT2D eigenvalue weighted by molar-refractivity contribution is 5.84. The van der Waals surface area contributed by atoms with Crippen molar-refractivity contribution in [3.8, 4) is 23.4 Å². The number of aromatic nitrogens is 3. The van der Waals surface area contributed by atoms with Crippen LogP contribution in [0.4, 0.5) is 17.2 Å². The van der Waals surface area contributed by atoms with Crippen LogP contribution in [0.2, 0.25) is 0 Å². The van der Waals surface area contributed by atoms with E-state index < -0.39 is 0 Å². The number of fused-ring (bicyclic) bond motifs is 1. The van der Waals surface area contributed by atoms with Crippen LogP contribution in [-0.4, -0.2) is 14.6 Å². The van der Waals surface area contributed by atoms with E-state index in [1.165, 1.54) is 4.52 Å². The van der Waals surface area contributed by atoms with Crippen molar-refractivity contribution in [3.63, 3.8) is 0 Å². The molecule has 0 spiro atoms. The normalized spacial score (nSPS) is 10.9. The molecule has 4 aromatic rings. The Morgan fingerprint density at radius 1 is 0.966 bits per heavy atom. The summed E-state index contributed by atoms with van der Waals surface area (Å²) in [6.07, 6.45) is 0. The third-order valence-electron chi connectivity index (χ3n) is 4.33. The Balaban J connectivity index is 2.00. The first-order chi connectivity index (χ1) is 14.1. The molecular weight excluding hydrogens is 364 g/mol. The van der Waals surface area contributed by atoms with Crippen LogP contribution in [0, 0.1) is 29.6 Å². The summed E-state index contributed by atoms with van der Waals surface area (Å²) in [4.78, 5) is 4.28. The van der Waals surface area contributed by atoms with E-state index in [1.807, 2.05) is 73.7 Å². The number of hydrogen-bond acceptors (Lipinski definition) is 7. The average Bonchev–Trinajstić information content (AvgIpc) is 3.11. The molecule has 0 bridgehead atoms. The first-order valence-electron chi connectivity index (χ1n) is 8.68. The molecule has 2 aromatic heterocycles.